The average molecular weight is 237 g/mol. The molecule has 2 rings (SSSR count). The summed E-state index contributed by atoms with van der Waals surface area (Å²) in [6, 6.07) is -0.613. The molecule has 0 radical (unpaired) electrons. The van der Waals surface area contributed by atoms with Crippen molar-refractivity contribution < 1.29 is 14.7 Å². The third-order valence-corrected chi connectivity index (χ3v) is 3.72. The van der Waals surface area contributed by atoms with Crippen molar-refractivity contribution in [2.24, 2.45) is 5.92 Å². The number of nitrogens with zero attached hydrogens (tertiary/aromatic N) is 1. The minimum Gasteiger partial charge on any atom is -0.480 e. The predicted molar refractivity (Wildman–Crippen MR) is 63.5 cm³/mol. The largest absolute Gasteiger partial charge is 0.480 e. The summed E-state index contributed by atoms with van der Waals surface area (Å²) in [6.07, 6.45) is 6.16. The van der Waals surface area contributed by atoms with E-state index in [9.17, 15) is 9.59 Å². The first-order valence-corrected chi connectivity index (χ1v) is 6.31. The fourth-order valence-corrected chi connectivity index (χ4v) is 2.76. The number of amides is 1. The number of aliphatic carboxylic acids is 1. The first-order chi connectivity index (χ1) is 8.08. The van der Waals surface area contributed by atoms with Crippen LogP contribution < -0.4 is 0 Å². The minimum absolute atomic E-state index is 0.112. The van der Waals surface area contributed by atoms with Gasteiger partial charge in [-0.2, -0.15) is 0 Å². The molecule has 1 aliphatic heterocycles. The Morgan fingerprint density at radius 2 is 2.18 bits per heavy atom. The van der Waals surface area contributed by atoms with Crippen molar-refractivity contribution in [2.45, 2.75) is 45.1 Å². The highest BCUT2D eigenvalue weighted by molar-refractivity contribution is 5.92. The summed E-state index contributed by atoms with van der Waals surface area (Å²) < 4.78 is 0. The second kappa shape index (κ2) is 4.90. The van der Waals surface area contributed by atoms with Crippen LogP contribution in [-0.2, 0) is 9.59 Å². The molecule has 0 unspecified atom stereocenters. The van der Waals surface area contributed by atoms with E-state index in [0.717, 1.165) is 25.7 Å². The summed E-state index contributed by atoms with van der Waals surface area (Å²) in [5, 5.41) is 9.02. The SMILES string of the molecule is C[C@@H]1CC/C(=C/C(=O)N2CCC[C@@H]2C(=O)O)C1. The zero-order valence-electron chi connectivity index (χ0n) is 10.2. The van der Waals surface area contributed by atoms with Gasteiger partial charge in [0.15, 0.2) is 0 Å². The monoisotopic (exact) mass is 237 g/mol. The topological polar surface area (TPSA) is 57.6 Å². The number of hydrogen-bond acceptors (Lipinski definition) is 2. The second-order valence-electron chi connectivity index (χ2n) is 5.18. The molecule has 94 valence electrons. The highest BCUT2D eigenvalue weighted by Crippen LogP contribution is 2.30. The minimum atomic E-state index is -0.881. The second-order valence-corrected chi connectivity index (χ2v) is 5.18. The summed E-state index contributed by atoms with van der Waals surface area (Å²) in [6.45, 7) is 2.76. The summed E-state index contributed by atoms with van der Waals surface area (Å²) in [4.78, 5) is 24.5. The first-order valence-electron chi connectivity index (χ1n) is 6.31. The molecule has 2 aliphatic rings. The van der Waals surface area contributed by atoms with Gasteiger partial charge in [-0.1, -0.05) is 12.5 Å². The number of carboxylic acids is 1. The Bertz CT molecular complexity index is 362. The Morgan fingerprint density at radius 1 is 1.41 bits per heavy atom. The number of carboxylic acid groups (broad SMARTS) is 1. The third-order valence-electron chi connectivity index (χ3n) is 3.72. The average Bonchev–Trinajstić information content (AvgIpc) is 2.86. The quantitative estimate of drug-likeness (QED) is 0.745. The van der Waals surface area contributed by atoms with Crippen molar-refractivity contribution >= 4 is 11.9 Å². The predicted octanol–water partition coefficient (Wildman–Crippen LogP) is 1.81. The van der Waals surface area contributed by atoms with Crippen LogP contribution in [0.2, 0.25) is 0 Å². The Balaban J connectivity index is 2.02. The van der Waals surface area contributed by atoms with Crippen LogP contribution in [0.4, 0.5) is 0 Å². The Labute approximate surface area is 101 Å². The Hall–Kier alpha value is -1.32. The molecule has 4 nitrogen and oxygen atoms in total. The van der Waals surface area contributed by atoms with Gasteiger partial charge in [0.1, 0.15) is 6.04 Å². The lowest BCUT2D eigenvalue weighted by Crippen LogP contribution is -2.39. The maximum atomic E-state index is 12.0. The zero-order chi connectivity index (χ0) is 12.4. The zero-order valence-corrected chi connectivity index (χ0v) is 10.2. The lowest BCUT2D eigenvalue weighted by molar-refractivity contribution is -0.146. The van der Waals surface area contributed by atoms with Gasteiger partial charge >= 0.3 is 5.97 Å². The smallest absolute Gasteiger partial charge is 0.326 e. The van der Waals surface area contributed by atoms with E-state index in [0.29, 0.717) is 18.9 Å². The van der Waals surface area contributed by atoms with E-state index >= 15 is 0 Å². The van der Waals surface area contributed by atoms with Crippen LogP contribution in [0.5, 0.6) is 0 Å². The van der Waals surface area contributed by atoms with Crippen molar-refractivity contribution in [3.05, 3.63) is 11.6 Å². The standard InChI is InChI=1S/C13H19NO3/c1-9-4-5-10(7-9)8-12(15)14-6-2-3-11(14)13(16)17/h8-9,11H,2-7H2,1H3,(H,16,17)/b10-8-/t9-,11-/m1/s1. The summed E-state index contributed by atoms with van der Waals surface area (Å²) in [5.74, 6) is -0.337. The van der Waals surface area contributed by atoms with E-state index in [1.54, 1.807) is 6.08 Å². The molecular formula is C13H19NO3. The molecule has 1 aliphatic carbocycles. The maximum absolute atomic E-state index is 12.0. The molecule has 1 N–H and O–H groups in total. The van der Waals surface area contributed by atoms with Crippen molar-refractivity contribution in [3.8, 4) is 0 Å². The number of carbonyl (C=O) groups excluding carboxylic acids is 1. The molecule has 1 saturated heterocycles. The summed E-state index contributed by atoms with van der Waals surface area (Å²) in [5.41, 5.74) is 1.18. The van der Waals surface area contributed by atoms with Gasteiger partial charge in [-0.3, -0.25) is 4.79 Å². The Morgan fingerprint density at radius 3 is 2.76 bits per heavy atom. The molecule has 0 aromatic heterocycles. The van der Waals surface area contributed by atoms with E-state index in [1.807, 2.05) is 0 Å². The van der Waals surface area contributed by atoms with Gasteiger partial charge in [-0.25, -0.2) is 4.79 Å². The van der Waals surface area contributed by atoms with E-state index < -0.39 is 12.0 Å². The number of rotatable bonds is 2. The lowest BCUT2D eigenvalue weighted by atomic mass is 10.1. The molecule has 0 bridgehead atoms. The van der Waals surface area contributed by atoms with E-state index in [2.05, 4.69) is 6.92 Å². The van der Waals surface area contributed by atoms with Crippen LogP contribution in [0.25, 0.3) is 0 Å². The van der Waals surface area contributed by atoms with Gasteiger partial charge in [-0.05, 0) is 38.0 Å². The normalized spacial score (nSPS) is 31.1. The van der Waals surface area contributed by atoms with Crippen molar-refractivity contribution in [2.75, 3.05) is 6.54 Å². The highest BCUT2D eigenvalue weighted by Gasteiger charge is 2.33. The van der Waals surface area contributed by atoms with Crippen LogP contribution in [0.1, 0.15) is 39.0 Å². The van der Waals surface area contributed by atoms with Gasteiger partial charge in [0, 0.05) is 12.6 Å². The van der Waals surface area contributed by atoms with Crippen molar-refractivity contribution in [3.63, 3.8) is 0 Å². The first kappa shape index (κ1) is 12.1. The maximum Gasteiger partial charge on any atom is 0.326 e. The molecule has 4 heteroatoms. The van der Waals surface area contributed by atoms with Crippen LogP contribution in [-0.4, -0.2) is 34.5 Å². The molecule has 0 aromatic rings. The molecule has 1 heterocycles. The van der Waals surface area contributed by atoms with Gasteiger partial charge in [-0.15, -0.1) is 0 Å². The van der Waals surface area contributed by atoms with Crippen LogP contribution in [0, 0.1) is 5.92 Å². The molecule has 0 aromatic carbocycles. The van der Waals surface area contributed by atoms with Crippen LogP contribution >= 0.6 is 0 Å². The molecular weight excluding hydrogens is 218 g/mol. The van der Waals surface area contributed by atoms with E-state index in [-0.39, 0.29) is 5.91 Å². The number of hydrogen-bond donors (Lipinski definition) is 1. The number of allylic oxidation sites excluding steroid dienone is 1. The fourth-order valence-electron chi connectivity index (χ4n) is 2.76. The summed E-state index contributed by atoms with van der Waals surface area (Å²) >= 11 is 0. The molecule has 1 amide bonds. The molecule has 2 atom stereocenters. The molecule has 1 saturated carbocycles. The molecule has 17 heavy (non-hydrogen) atoms. The van der Waals surface area contributed by atoms with Gasteiger partial charge in [0.2, 0.25) is 5.91 Å². The Kier molecular flexibility index (Phi) is 3.50. The van der Waals surface area contributed by atoms with Crippen LogP contribution in [0.15, 0.2) is 11.6 Å². The fraction of sp³-hybridized carbons (Fsp3) is 0.692. The molecule has 0 spiro atoms. The van der Waals surface area contributed by atoms with Crippen molar-refractivity contribution in [1.82, 2.24) is 4.90 Å². The van der Waals surface area contributed by atoms with Gasteiger partial charge in [0.05, 0.1) is 0 Å². The number of carbonyl (C=O) groups is 2. The molecule has 2 fully saturated rings. The van der Waals surface area contributed by atoms with Gasteiger partial charge < -0.3 is 10.0 Å². The van der Waals surface area contributed by atoms with Crippen LogP contribution in [0.3, 0.4) is 0 Å². The highest BCUT2D eigenvalue weighted by atomic mass is 16.4. The van der Waals surface area contributed by atoms with E-state index in [4.69, 9.17) is 5.11 Å². The summed E-state index contributed by atoms with van der Waals surface area (Å²) in [7, 11) is 0. The lowest BCUT2D eigenvalue weighted by Gasteiger charge is -2.19. The third kappa shape index (κ3) is 2.68. The number of likely N-dealkylation sites (tertiary alicyclic amines) is 1. The van der Waals surface area contributed by atoms with E-state index in [1.165, 1.54) is 10.5 Å². The van der Waals surface area contributed by atoms with Crippen molar-refractivity contribution in [1.29, 1.82) is 0 Å². The van der Waals surface area contributed by atoms with Gasteiger partial charge in [0.25, 0.3) is 0 Å².